The number of halogens is 2. The molecule has 4 rings (SSSR count). The van der Waals surface area contributed by atoms with Crippen molar-refractivity contribution in [3.8, 4) is 0 Å². The molecule has 0 fully saturated rings. The lowest BCUT2D eigenvalue weighted by atomic mass is 9.93. The number of aryl methyl sites for hydroxylation is 1. The summed E-state index contributed by atoms with van der Waals surface area (Å²) in [6, 6.07) is 13.4. The molecular formula is C25H26Cl2N2O4S2. The van der Waals surface area contributed by atoms with E-state index in [4.69, 9.17) is 27.9 Å². The normalized spacial score (nSPS) is 15.9. The Balaban J connectivity index is 1.67. The van der Waals surface area contributed by atoms with Gasteiger partial charge in [-0.2, -0.15) is 4.31 Å². The average molecular weight is 554 g/mol. The number of carbonyl (C=O) groups is 1. The van der Waals surface area contributed by atoms with Gasteiger partial charge in [0.2, 0.25) is 15.9 Å². The van der Waals surface area contributed by atoms with Crippen molar-refractivity contribution in [1.29, 1.82) is 0 Å². The number of amides is 1. The third-order valence-corrected chi connectivity index (χ3v) is 9.48. The van der Waals surface area contributed by atoms with Crippen LogP contribution in [0, 0.1) is 6.92 Å². The van der Waals surface area contributed by atoms with Crippen molar-refractivity contribution >= 4 is 50.5 Å². The molecule has 1 aliphatic heterocycles. The Morgan fingerprint density at radius 2 is 1.89 bits per heavy atom. The molecule has 0 radical (unpaired) electrons. The van der Waals surface area contributed by atoms with Crippen molar-refractivity contribution in [2.75, 3.05) is 33.4 Å². The fraction of sp³-hybridized carbons (Fsp3) is 0.320. The summed E-state index contributed by atoms with van der Waals surface area (Å²) in [6.45, 7) is 2.26. The number of thiophene rings is 1. The van der Waals surface area contributed by atoms with E-state index in [0.717, 1.165) is 16.7 Å². The van der Waals surface area contributed by atoms with Gasteiger partial charge in [-0.25, -0.2) is 8.42 Å². The molecule has 1 unspecified atom stereocenters. The Morgan fingerprint density at radius 3 is 2.57 bits per heavy atom. The number of fused-ring (bicyclic) bond motifs is 1. The first-order valence-electron chi connectivity index (χ1n) is 11.1. The number of hydrogen-bond donors (Lipinski definition) is 0. The lowest BCUT2D eigenvalue weighted by Gasteiger charge is -2.37. The molecule has 35 heavy (non-hydrogen) atoms. The van der Waals surface area contributed by atoms with Gasteiger partial charge in [-0.1, -0.05) is 47.0 Å². The molecule has 0 saturated carbocycles. The Labute approximate surface area is 220 Å². The smallest absolute Gasteiger partial charge is 0.243 e. The van der Waals surface area contributed by atoms with Crippen LogP contribution in [0.15, 0.2) is 58.8 Å². The first-order chi connectivity index (χ1) is 16.7. The molecule has 6 nitrogen and oxygen atoms in total. The molecule has 0 aliphatic carbocycles. The second kappa shape index (κ2) is 11.0. The minimum Gasteiger partial charge on any atom is -0.383 e. The van der Waals surface area contributed by atoms with Crippen molar-refractivity contribution in [2.45, 2.75) is 24.3 Å². The molecule has 0 bridgehead atoms. The predicted molar refractivity (Wildman–Crippen MR) is 140 cm³/mol. The van der Waals surface area contributed by atoms with Crippen LogP contribution in [0.3, 0.4) is 0 Å². The summed E-state index contributed by atoms with van der Waals surface area (Å²) in [5.74, 6) is -0.301. The highest BCUT2D eigenvalue weighted by Crippen LogP contribution is 2.41. The maximum Gasteiger partial charge on any atom is 0.243 e. The summed E-state index contributed by atoms with van der Waals surface area (Å²) in [5.41, 5.74) is 2.71. The van der Waals surface area contributed by atoms with Crippen LogP contribution in [0.25, 0.3) is 0 Å². The van der Waals surface area contributed by atoms with Crippen LogP contribution in [0.2, 0.25) is 10.0 Å². The molecule has 0 spiro atoms. The number of methoxy groups -OCH3 is 1. The number of sulfonamides is 1. The van der Waals surface area contributed by atoms with Crippen molar-refractivity contribution in [2.24, 2.45) is 0 Å². The zero-order valence-corrected chi connectivity index (χ0v) is 22.6. The Morgan fingerprint density at radius 1 is 1.14 bits per heavy atom. The zero-order valence-electron chi connectivity index (χ0n) is 19.4. The lowest BCUT2D eigenvalue weighted by Crippen LogP contribution is -2.47. The van der Waals surface area contributed by atoms with Crippen LogP contribution < -0.4 is 0 Å². The fourth-order valence-corrected chi connectivity index (χ4v) is 7.01. The summed E-state index contributed by atoms with van der Waals surface area (Å²) in [4.78, 5) is 16.8. The van der Waals surface area contributed by atoms with Crippen LogP contribution in [-0.4, -0.2) is 56.9 Å². The second-order valence-corrected chi connectivity index (χ2v) is 12.1. The van der Waals surface area contributed by atoms with Gasteiger partial charge in [-0.3, -0.25) is 4.79 Å². The van der Waals surface area contributed by atoms with Gasteiger partial charge in [0.05, 0.1) is 24.1 Å². The van der Waals surface area contributed by atoms with Gasteiger partial charge in [0.15, 0.2) is 0 Å². The van der Waals surface area contributed by atoms with Gasteiger partial charge in [0.1, 0.15) is 0 Å². The zero-order chi connectivity index (χ0) is 25.2. The predicted octanol–water partition coefficient (Wildman–Crippen LogP) is 5.17. The van der Waals surface area contributed by atoms with Gasteiger partial charge in [0.25, 0.3) is 0 Å². The molecule has 1 aliphatic rings. The first-order valence-corrected chi connectivity index (χ1v) is 14.2. The Kier molecular flexibility index (Phi) is 8.20. The summed E-state index contributed by atoms with van der Waals surface area (Å²) >= 11 is 14.3. The van der Waals surface area contributed by atoms with Crippen molar-refractivity contribution in [3.63, 3.8) is 0 Å². The molecule has 3 aromatic rings. The third kappa shape index (κ3) is 5.58. The largest absolute Gasteiger partial charge is 0.383 e. The minimum atomic E-state index is -3.91. The minimum absolute atomic E-state index is 0.0579. The summed E-state index contributed by atoms with van der Waals surface area (Å²) in [6.07, 6.45) is 0.698. The number of nitrogens with zero attached hydrogens (tertiary/aromatic N) is 2. The number of hydrogen-bond acceptors (Lipinski definition) is 5. The van der Waals surface area contributed by atoms with E-state index >= 15 is 0 Å². The van der Waals surface area contributed by atoms with E-state index in [1.54, 1.807) is 52.6 Å². The van der Waals surface area contributed by atoms with Crippen molar-refractivity contribution in [3.05, 3.63) is 85.5 Å². The van der Waals surface area contributed by atoms with Crippen molar-refractivity contribution < 1.29 is 17.9 Å². The average Bonchev–Trinajstić information content (AvgIpc) is 3.30. The van der Waals surface area contributed by atoms with Crippen LogP contribution in [0.4, 0.5) is 0 Å². The lowest BCUT2D eigenvalue weighted by molar-refractivity contribution is -0.133. The van der Waals surface area contributed by atoms with E-state index in [1.165, 1.54) is 16.3 Å². The molecule has 2 aromatic carbocycles. The topological polar surface area (TPSA) is 66.9 Å². The molecule has 186 valence electrons. The van der Waals surface area contributed by atoms with Crippen LogP contribution in [-0.2, 0) is 26.0 Å². The van der Waals surface area contributed by atoms with E-state index in [2.05, 4.69) is 0 Å². The molecular weight excluding hydrogens is 527 g/mol. The molecule has 1 amide bonds. The quantitative estimate of drug-likeness (QED) is 0.386. The number of carbonyl (C=O) groups excluding carboxylic acids is 1. The van der Waals surface area contributed by atoms with E-state index in [9.17, 15) is 13.2 Å². The highest BCUT2D eigenvalue weighted by Gasteiger charge is 2.36. The first kappa shape index (κ1) is 26.1. The van der Waals surface area contributed by atoms with E-state index in [0.29, 0.717) is 23.0 Å². The third-order valence-electron chi connectivity index (χ3n) is 6.06. The SMILES string of the molecule is COCCN(CC(=O)N1CCc2sccc2C1c1ccc(Cl)cc1Cl)S(=O)(=O)c1ccc(C)cc1. The van der Waals surface area contributed by atoms with Gasteiger partial charge >= 0.3 is 0 Å². The second-order valence-electron chi connectivity index (χ2n) is 8.35. The monoisotopic (exact) mass is 552 g/mol. The van der Waals surface area contributed by atoms with Gasteiger partial charge < -0.3 is 9.64 Å². The van der Waals surface area contributed by atoms with E-state index in [1.807, 2.05) is 24.4 Å². The summed E-state index contributed by atoms with van der Waals surface area (Å²) in [5, 5.41) is 2.97. The molecule has 2 heterocycles. The molecule has 10 heteroatoms. The van der Waals surface area contributed by atoms with Gasteiger partial charge in [-0.05, 0) is 60.2 Å². The van der Waals surface area contributed by atoms with Crippen molar-refractivity contribution in [1.82, 2.24) is 9.21 Å². The van der Waals surface area contributed by atoms with Gasteiger partial charge in [0, 0.05) is 35.1 Å². The molecule has 0 N–H and O–H groups in total. The maximum atomic E-state index is 13.7. The Hall–Kier alpha value is -1.94. The van der Waals surface area contributed by atoms with E-state index < -0.39 is 16.1 Å². The van der Waals surface area contributed by atoms with Crippen LogP contribution in [0.1, 0.15) is 27.6 Å². The molecule has 1 aromatic heterocycles. The number of rotatable bonds is 8. The fourth-order valence-electron chi connectivity index (χ4n) is 4.22. The standard InChI is InChI=1S/C25H26Cl2N2O4S2/c1-17-3-6-19(7-4-17)35(31,32)28(12-13-33-2)16-24(30)29-11-9-23-21(10-14-34-23)25(29)20-8-5-18(26)15-22(20)27/h3-8,10,14-15,25H,9,11-13,16H2,1-2H3. The highest BCUT2D eigenvalue weighted by molar-refractivity contribution is 7.89. The maximum absolute atomic E-state index is 13.7. The molecule has 0 saturated heterocycles. The molecule has 1 atom stereocenters. The Bertz CT molecular complexity index is 1310. The number of ether oxygens (including phenoxy) is 1. The number of benzene rings is 2. The van der Waals surface area contributed by atoms with Crippen LogP contribution >= 0.6 is 34.5 Å². The van der Waals surface area contributed by atoms with Gasteiger partial charge in [-0.15, -0.1) is 11.3 Å². The van der Waals surface area contributed by atoms with Crippen LogP contribution in [0.5, 0.6) is 0 Å². The summed E-state index contributed by atoms with van der Waals surface area (Å²) < 4.78 is 33.2. The van der Waals surface area contributed by atoms with E-state index in [-0.39, 0.29) is 30.5 Å². The highest BCUT2D eigenvalue weighted by atomic mass is 35.5. The summed E-state index contributed by atoms with van der Waals surface area (Å²) in [7, 11) is -2.41.